The molecule has 0 fully saturated rings. The van der Waals surface area contributed by atoms with Crippen LogP contribution in [0.4, 0.5) is 5.69 Å². The Balaban J connectivity index is 2.08. The second-order valence-electron chi connectivity index (χ2n) is 5.97. The number of thiocarbonyl (C=S) groups is 1. The molecular formula is C20H26N2O2S. The molecule has 0 unspecified atom stereocenters. The van der Waals surface area contributed by atoms with Crippen LogP contribution >= 0.6 is 12.2 Å². The largest absolute Gasteiger partial charge is 0.493 e. The first-order chi connectivity index (χ1) is 12.0. The fourth-order valence-electron chi connectivity index (χ4n) is 2.64. The lowest BCUT2D eigenvalue weighted by molar-refractivity contribution is 0.355. The van der Waals surface area contributed by atoms with Crippen molar-refractivity contribution in [3.8, 4) is 11.5 Å². The number of benzene rings is 2. The topological polar surface area (TPSA) is 42.5 Å². The summed E-state index contributed by atoms with van der Waals surface area (Å²) in [6.45, 7) is 6.40. The number of hydrogen-bond donors (Lipinski definition) is 2. The van der Waals surface area contributed by atoms with Gasteiger partial charge in [0.15, 0.2) is 16.6 Å². The Hall–Kier alpha value is -2.27. The van der Waals surface area contributed by atoms with Crippen LogP contribution in [0.5, 0.6) is 11.5 Å². The number of nitrogens with one attached hydrogen (secondary N) is 2. The zero-order valence-electron chi connectivity index (χ0n) is 15.5. The molecule has 0 aliphatic heterocycles. The second kappa shape index (κ2) is 8.72. The van der Waals surface area contributed by atoms with E-state index in [1.807, 2.05) is 18.2 Å². The minimum Gasteiger partial charge on any atom is -0.493 e. The van der Waals surface area contributed by atoms with Crippen molar-refractivity contribution in [2.45, 2.75) is 33.2 Å². The number of hydrogen-bond acceptors (Lipinski definition) is 3. The van der Waals surface area contributed by atoms with E-state index in [1.165, 1.54) is 16.7 Å². The zero-order valence-corrected chi connectivity index (χ0v) is 16.3. The smallest absolute Gasteiger partial charge is 0.171 e. The number of ether oxygens (including phenoxy) is 2. The average Bonchev–Trinajstić information content (AvgIpc) is 2.61. The third-order valence-electron chi connectivity index (χ3n) is 4.29. The first-order valence-corrected chi connectivity index (χ1v) is 8.76. The summed E-state index contributed by atoms with van der Waals surface area (Å²) in [4.78, 5) is 0. The molecule has 4 nitrogen and oxygen atoms in total. The molecule has 0 saturated heterocycles. The Morgan fingerprint density at radius 3 is 2.32 bits per heavy atom. The first kappa shape index (κ1) is 19.1. The van der Waals surface area contributed by atoms with Crippen molar-refractivity contribution in [2.75, 3.05) is 19.5 Å². The Bertz CT molecular complexity index is 746. The van der Waals surface area contributed by atoms with Crippen LogP contribution in [0, 0.1) is 13.8 Å². The molecule has 0 heterocycles. The van der Waals surface area contributed by atoms with Crippen LogP contribution in [0.2, 0.25) is 0 Å². The zero-order chi connectivity index (χ0) is 18.4. The molecule has 0 aliphatic carbocycles. The van der Waals surface area contributed by atoms with E-state index in [2.05, 4.69) is 49.6 Å². The van der Waals surface area contributed by atoms with Gasteiger partial charge in [-0.1, -0.05) is 25.1 Å². The highest BCUT2D eigenvalue weighted by Crippen LogP contribution is 2.29. The van der Waals surface area contributed by atoms with E-state index >= 15 is 0 Å². The molecule has 0 aliphatic rings. The van der Waals surface area contributed by atoms with Crippen molar-refractivity contribution < 1.29 is 9.47 Å². The predicted molar refractivity (Wildman–Crippen MR) is 108 cm³/mol. The lowest BCUT2D eigenvalue weighted by Crippen LogP contribution is -2.32. The van der Waals surface area contributed by atoms with Gasteiger partial charge in [-0.25, -0.2) is 0 Å². The van der Waals surface area contributed by atoms with Gasteiger partial charge < -0.3 is 20.1 Å². The highest BCUT2D eigenvalue weighted by Gasteiger charge is 2.12. The Morgan fingerprint density at radius 2 is 1.72 bits per heavy atom. The lowest BCUT2D eigenvalue weighted by atomic mass is 9.99. The van der Waals surface area contributed by atoms with Crippen LogP contribution in [-0.4, -0.2) is 19.3 Å². The molecule has 2 aromatic carbocycles. The molecule has 2 N–H and O–H groups in total. The normalized spacial score (nSPS) is 11.6. The van der Waals surface area contributed by atoms with Crippen molar-refractivity contribution in [2.24, 2.45) is 0 Å². The lowest BCUT2D eigenvalue weighted by Gasteiger charge is -2.21. The molecule has 5 heteroatoms. The molecule has 0 aromatic heterocycles. The highest BCUT2D eigenvalue weighted by molar-refractivity contribution is 7.80. The number of aryl methyl sites for hydroxylation is 2. The molecule has 0 spiro atoms. The van der Waals surface area contributed by atoms with E-state index in [9.17, 15) is 0 Å². The van der Waals surface area contributed by atoms with Gasteiger partial charge in [0.2, 0.25) is 0 Å². The Kier molecular flexibility index (Phi) is 6.65. The standard InChI is InChI=1S/C20H26N2O2S/c1-6-17(15-8-7-13(2)14(3)11-15)22-20(25)21-16-9-10-18(23-4)19(12-16)24-5/h7-12,17H,6H2,1-5H3,(H2,21,22,25)/t17-/m1/s1. The van der Waals surface area contributed by atoms with Gasteiger partial charge in [-0.3, -0.25) is 0 Å². The van der Waals surface area contributed by atoms with Crippen molar-refractivity contribution >= 4 is 23.0 Å². The maximum absolute atomic E-state index is 5.48. The van der Waals surface area contributed by atoms with Gasteiger partial charge in [0, 0.05) is 11.8 Å². The number of methoxy groups -OCH3 is 2. The molecule has 0 saturated carbocycles. The molecule has 25 heavy (non-hydrogen) atoms. The fourth-order valence-corrected chi connectivity index (χ4v) is 2.90. The summed E-state index contributed by atoms with van der Waals surface area (Å²) < 4.78 is 10.6. The summed E-state index contributed by atoms with van der Waals surface area (Å²) in [5.74, 6) is 1.35. The van der Waals surface area contributed by atoms with Crippen LogP contribution in [-0.2, 0) is 0 Å². The second-order valence-corrected chi connectivity index (χ2v) is 6.38. The minimum atomic E-state index is 0.166. The van der Waals surface area contributed by atoms with Gasteiger partial charge in [-0.15, -0.1) is 0 Å². The molecular weight excluding hydrogens is 332 g/mol. The van der Waals surface area contributed by atoms with E-state index < -0.39 is 0 Å². The quantitative estimate of drug-likeness (QED) is 0.729. The van der Waals surface area contributed by atoms with Crippen LogP contribution < -0.4 is 20.1 Å². The summed E-state index contributed by atoms with van der Waals surface area (Å²) in [6.07, 6.45) is 0.941. The summed E-state index contributed by atoms with van der Waals surface area (Å²) >= 11 is 5.48. The van der Waals surface area contributed by atoms with Crippen LogP contribution in [0.1, 0.15) is 36.1 Å². The molecule has 2 aromatic rings. The van der Waals surface area contributed by atoms with Gasteiger partial charge in [0.25, 0.3) is 0 Å². The van der Waals surface area contributed by atoms with Crippen LogP contribution in [0.15, 0.2) is 36.4 Å². The predicted octanol–water partition coefficient (Wildman–Crippen LogP) is 4.76. The van der Waals surface area contributed by atoms with E-state index in [4.69, 9.17) is 21.7 Å². The molecule has 134 valence electrons. The van der Waals surface area contributed by atoms with Crippen molar-refractivity contribution in [3.63, 3.8) is 0 Å². The van der Waals surface area contributed by atoms with Crippen molar-refractivity contribution in [3.05, 3.63) is 53.1 Å². The molecule has 0 radical (unpaired) electrons. The van der Waals surface area contributed by atoms with Crippen LogP contribution in [0.3, 0.4) is 0 Å². The number of anilines is 1. The van der Waals surface area contributed by atoms with Gasteiger partial charge in [0.1, 0.15) is 0 Å². The maximum Gasteiger partial charge on any atom is 0.171 e. The van der Waals surface area contributed by atoms with Gasteiger partial charge in [-0.05, 0) is 61.3 Å². The van der Waals surface area contributed by atoms with Crippen molar-refractivity contribution in [1.29, 1.82) is 0 Å². The van der Waals surface area contributed by atoms with Gasteiger partial charge in [0.05, 0.1) is 20.3 Å². The van der Waals surface area contributed by atoms with E-state index in [1.54, 1.807) is 14.2 Å². The monoisotopic (exact) mass is 358 g/mol. The molecule has 0 amide bonds. The highest BCUT2D eigenvalue weighted by atomic mass is 32.1. The first-order valence-electron chi connectivity index (χ1n) is 8.35. The Labute approximate surface area is 155 Å². The third-order valence-corrected chi connectivity index (χ3v) is 4.51. The summed E-state index contributed by atoms with van der Waals surface area (Å²) in [5, 5.41) is 7.19. The maximum atomic E-state index is 5.48. The van der Waals surface area contributed by atoms with Crippen molar-refractivity contribution in [1.82, 2.24) is 5.32 Å². The van der Waals surface area contributed by atoms with Gasteiger partial charge in [-0.2, -0.15) is 0 Å². The Morgan fingerprint density at radius 1 is 1.00 bits per heavy atom. The third kappa shape index (κ3) is 4.86. The molecule has 1 atom stereocenters. The van der Waals surface area contributed by atoms with Crippen LogP contribution in [0.25, 0.3) is 0 Å². The van der Waals surface area contributed by atoms with E-state index in [0.717, 1.165) is 12.1 Å². The minimum absolute atomic E-state index is 0.166. The molecule has 2 rings (SSSR count). The summed E-state index contributed by atoms with van der Waals surface area (Å²) in [7, 11) is 3.23. The average molecular weight is 359 g/mol. The summed E-state index contributed by atoms with van der Waals surface area (Å²) in [5.41, 5.74) is 4.67. The fraction of sp³-hybridized carbons (Fsp3) is 0.350. The van der Waals surface area contributed by atoms with E-state index in [0.29, 0.717) is 16.6 Å². The number of rotatable bonds is 6. The molecule has 0 bridgehead atoms. The summed E-state index contributed by atoms with van der Waals surface area (Å²) in [6, 6.07) is 12.3. The SMILES string of the molecule is CC[C@@H](NC(=S)Nc1ccc(OC)c(OC)c1)c1ccc(C)c(C)c1. The van der Waals surface area contributed by atoms with Gasteiger partial charge >= 0.3 is 0 Å². The van der Waals surface area contributed by atoms with E-state index in [-0.39, 0.29) is 6.04 Å².